The third-order valence-corrected chi connectivity index (χ3v) is 3.74. The Hall–Kier alpha value is -1.79. The molecule has 0 spiro atoms. The van der Waals surface area contributed by atoms with Crippen molar-refractivity contribution in [2.45, 2.75) is 39.2 Å². The average molecular weight is 300 g/mol. The molecule has 7 nitrogen and oxygen atoms in total. The molecule has 1 heterocycles. The van der Waals surface area contributed by atoms with Crippen LogP contribution in [0.2, 0.25) is 0 Å². The number of hydrogen-bond donors (Lipinski definition) is 1. The average Bonchev–Trinajstić information content (AvgIpc) is 2.45. The smallest absolute Gasteiger partial charge is 0.326 e. The van der Waals surface area contributed by atoms with Crippen molar-refractivity contribution in [2.75, 3.05) is 26.7 Å². The Kier molecular flexibility index (Phi) is 6.45. The number of carboxylic acids is 1. The van der Waals surface area contributed by atoms with Crippen LogP contribution in [0.5, 0.6) is 0 Å². The maximum Gasteiger partial charge on any atom is 0.326 e. The highest BCUT2D eigenvalue weighted by molar-refractivity contribution is 5.85. The van der Waals surface area contributed by atoms with Gasteiger partial charge < -0.3 is 19.6 Å². The van der Waals surface area contributed by atoms with Crippen molar-refractivity contribution in [1.29, 1.82) is 0 Å². The molecule has 2 atom stereocenters. The van der Waals surface area contributed by atoms with Gasteiger partial charge >= 0.3 is 18.0 Å². The molecule has 120 valence electrons. The van der Waals surface area contributed by atoms with Crippen molar-refractivity contribution in [3.63, 3.8) is 0 Å². The zero-order valence-corrected chi connectivity index (χ0v) is 12.9. The number of likely N-dealkylation sites (tertiary alicyclic amines) is 1. The molecule has 0 bridgehead atoms. The molecular formula is C14H24N2O5. The van der Waals surface area contributed by atoms with E-state index in [4.69, 9.17) is 0 Å². The second-order valence-corrected chi connectivity index (χ2v) is 5.38. The molecule has 1 aliphatic rings. The topological polar surface area (TPSA) is 87.2 Å². The predicted octanol–water partition coefficient (Wildman–Crippen LogP) is 1.18. The third-order valence-electron chi connectivity index (χ3n) is 3.74. The minimum atomic E-state index is -0.995. The number of carbonyl (C=O) groups excluding carboxylic acids is 2. The molecule has 2 unspecified atom stereocenters. The first-order chi connectivity index (χ1) is 9.92. The fourth-order valence-electron chi connectivity index (χ4n) is 2.69. The SMILES string of the molecule is CCCN(CC(=O)OC)C(=O)N1CCCC(C)C1C(=O)O. The lowest BCUT2D eigenvalue weighted by Crippen LogP contribution is -2.56. The number of nitrogens with zero attached hydrogens (tertiary/aromatic N) is 2. The van der Waals surface area contributed by atoms with Crippen LogP contribution in [-0.2, 0) is 14.3 Å². The van der Waals surface area contributed by atoms with Crippen molar-refractivity contribution >= 4 is 18.0 Å². The standard InChI is InChI=1S/C14H24N2O5/c1-4-7-15(9-11(17)21-3)14(20)16-8-5-6-10(2)12(16)13(18)19/h10,12H,4-9H2,1-3H3,(H,18,19). The normalized spacial score (nSPS) is 21.8. The summed E-state index contributed by atoms with van der Waals surface area (Å²) in [5, 5.41) is 9.36. The van der Waals surface area contributed by atoms with Gasteiger partial charge in [0.15, 0.2) is 0 Å². The number of hydrogen-bond acceptors (Lipinski definition) is 4. The molecule has 1 N–H and O–H groups in total. The Morgan fingerprint density at radius 1 is 1.38 bits per heavy atom. The van der Waals surface area contributed by atoms with Gasteiger partial charge in [0, 0.05) is 13.1 Å². The van der Waals surface area contributed by atoms with E-state index in [0.717, 1.165) is 12.8 Å². The zero-order valence-electron chi connectivity index (χ0n) is 12.9. The van der Waals surface area contributed by atoms with Gasteiger partial charge in [0.2, 0.25) is 0 Å². The summed E-state index contributed by atoms with van der Waals surface area (Å²) in [6, 6.07) is -1.23. The van der Waals surface area contributed by atoms with Crippen LogP contribution >= 0.6 is 0 Å². The highest BCUT2D eigenvalue weighted by atomic mass is 16.5. The summed E-state index contributed by atoms with van der Waals surface area (Å²) in [5.74, 6) is -1.60. The van der Waals surface area contributed by atoms with Crippen molar-refractivity contribution in [2.24, 2.45) is 5.92 Å². The maximum absolute atomic E-state index is 12.6. The Morgan fingerprint density at radius 2 is 2.05 bits per heavy atom. The van der Waals surface area contributed by atoms with E-state index >= 15 is 0 Å². The highest BCUT2D eigenvalue weighted by Crippen LogP contribution is 2.24. The first kappa shape index (κ1) is 17.3. The number of carboxylic acid groups (broad SMARTS) is 1. The molecule has 1 aliphatic heterocycles. The molecule has 7 heteroatoms. The highest BCUT2D eigenvalue weighted by Gasteiger charge is 2.38. The van der Waals surface area contributed by atoms with Gasteiger partial charge in [-0.05, 0) is 25.2 Å². The van der Waals surface area contributed by atoms with Gasteiger partial charge in [-0.3, -0.25) is 4.79 Å². The lowest BCUT2D eigenvalue weighted by atomic mass is 9.91. The lowest BCUT2D eigenvalue weighted by molar-refractivity contribution is -0.145. The fraction of sp³-hybridized carbons (Fsp3) is 0.786. The summed E-state index contributed by atoms with van der Waals surface area (Å²) in [6.45, 7) is 4.38. The molecule has 1 rings (SSSR count). The van der Waals surface area contributed by atoms with Crippen LogP contribution in [0, 0.1) is 5.92 Å². The van der Waals surface area contributed by atoms with Crippen LogP contribution in [0.15, 0.2) is 0 Å². The van der Waals surface area contributed by atoms with Gasteiger partial charge in [0.1, 0.15) is 12.6 Å². The second kappa shape index (κ2) is 7.85. The quantitative estimate of drug-likeness (QED) is 0.770. The minimum Gasteiger partial charge on any atom is -0.480 e. The molecule has 0 aromatic heterocycles. The number of ether oxygens (including phenoxy) is 1. The monoisotopic (exact) mass is 300 g/mol. The largest absolute Gasteiger partial charge is 0.480 e. The molecule has 2 amide bonds. The number of piperidine rings is 1. The summed E-state index contributed by atoms with van der Waals surface area (Å²) in [7, 11) is 1.26. The summed E-state index contributed by atoms with van der Waals surface area (Å²) < 4.78 is 4.59. The Balaban J connectivity index is 2.89. The maximum atomic E-state index is 12.6. The molecule has 0 saturated carbocycles. The number of amides is 2. The number of urea groups is 1. The number of rotatable bonds is 5. The van der Waals surface area contributed by atoms with E-state index in [9.17, 15) is 19.5 Å². The first-order valence-electron chi connectivity index (χ1n) is 7.27. The summed E-state index contributed by atoms with van der Waals surface area (Å²) in [4.78, 5) is 38.2. The van der Waals surface area contributed by atoms with E-state index in [1.807, 2.05) is 13.8 Å². The lowest BCUT2D eigenvalue weighted by Gasteiger charge is -2.39. The molecule has 1 fully saturated rings. The van der Waals surface area contributed by atoms with Crippen molar-refractivity contribution in [1.82, 2.24) is 9.80 Å². The zero-order chi connectivity index (χ0) is 16.0. The van der Waals surface area contributed by atoms with Crippen molar-refractivity contribution in [3.05, 3.63) is 0 Å². The van der Waals surface area contributed by atoms with Gasteiger partial charge in [-0.1, -0.05) is 13.8 Å². The second-order valence-electron chi connectivity index (χ2n) is 5.38. The molecular weight excluding hydrogens is 276 g/mol. The van der Waals surface area contributed by atoms with Crippen LogP contribution in [0.4, 0.5) is 4.79 Å². The van der Waals surface area contributed by atoms with Gasteiger partial charge in [-0.2, -0.15) is 0 Å². The predicted molar refractivity (Wildman–Crippen MR) is 75.8 cm³/mol. The molecule has 0 aromatic carbocycles. The van der Waals surface area contributed by atoms with Crippen LogP contribution in [0.1, 0.15) is 33.1 Å². The Labute approximate surface area is 124 Å². The van der Waals surface area contributed by atoms with Crippen LogP contribution < -0.4 is 0 Å². The summed E-state index contributed by atoms with van der Waals surface area (Å²) >= 11 is 0. The number of carbonyl (C=O) groups is 3. The molecule has 0 aromatic rings. The third kappa shape index (κ3) is 4.34. The van der Waals surface area contributed by atoms with E-state index < -0.39 is 24.0 Å². The van der Waals surface area contributed by atoms with Gasteiger partial charge in [-0.15, -0.1) is 0 Å². The summed E-state index contributed by atoms with van der Waals surface area (Å²) in [6.07, 6.45) is 2.24. The summed E-state index contributed by atoms with van der Waals surface area (Å²) in [5.41, 5.74) is 0. The molecule has 21 heavy (non-hydrogen) atoms. The van der Waals surface area contributed by atoms with Crippen molar-refractivity contribution in [3.8, 4) is 0 Å². The van der Waals surface area contributed by atoms with E-state index in [2.05, 4.69) is 4.74 Å². The first-order valence-corrected chi connectivity index (χ1v) is 7.27. The van der Waals surface area contributed by atoms with E-state index in [1.165, 1.54) is 16.9 Å². The minimum absolute atomic E-state index is 0.0956. The van der Waals surface area contributed by atoms with E-state index in [-0.39, 0.29) is 12.5 Å². The van der Waals surface area contributed by atoms with Crippen molar-refractivity contribution < 1.29 is 24.2 Å². The van der Waals surface area contributed by atoms with Gasteiger partial charge in [-0.25, -0.2) is 9.59 Å². The molecule has 0 radical (unpaired) electrons. The molecule has 1 saturated heterocycles. The number of esters is 1. The van der Waals surface area contributed by atoms with Crippen LogP contribution in [-0.4, -0.2) is 65.7 Å². The van der Waals surface area contributed by atoms with Gasteiger partial charge in [0.05, 0.1) is 7.11 Å². The van der Waals surface area contributed by atoms with E-state index in [0.29, 0.717) is 19.5 Å². The van der Waals surface area contributed by atoms with Crippen LogP contribution in [0.3, 0.4) is 0 Å². The van der Waals surface area contributed by atoms with E-state index in [1.54, 1.807) is 0 Å². The molecule has 0 aliphatic carbocycles. The van der Waals surface area contributed by atoms with Gasteiger partial charge in [0.25, 0.3) is 0 Å². The fourth-order valence-corrected chi connectivity index (χ4v) is 2.69. The Bertz CT molecular complexity index is 399. The Morgan fingerprint density at radius 3 is 2.57 bits per heavy atom. The number of methoxy groups -OCH3 is 1. The van der Waals surface area contributed by atoms with Crippen LogP contribution in [0.25, 0.3) is 0 Å². The number of aliphatic carboxylic acids is 1.